The van der Waals surface area contributed by atoms with Gasteiger partial charge in [0.1, 0.15) is 0 Å². The SMILES string of the molecule is CCNC(Cc1nc(C)c(C)s1)c1cscc1C. The van der Waals surface area contributed by atoms with Crippen molar-refractivity contribution in [3.05, 3.63) is 37.5 Å². The monoisotopic (exact) mass is 280 g/mol. The Labute approximate surface area is 117 Å². The molecule has 1 N–H and O–H groups in total. The van der Waals surface area contributed by atoms with Gasteiger partial charge in [0.05, 0.1) is 10.7 Å². The van der Waals surface area contributed by atoms with Gasteiger partial charge in [-0.2, -0.15) is 11.3 Å². The van der Waals surface area contributed by atoms with Crippen LogP contribution in [0.3, 0.4) is 0 Å². The second-order valence-corrected chi connectivity index (χ2v) is 6.61. The molecule has 0 spiro atoms. The van der Waals surface area contributed by atoms with Crippen molar-refractivity contribution < 1.29 is 0 Å². The third kappa shape index (κ3) is 2.99. The molecular weight excluding hydrogens is 260 g/mol. The van der Waals surface area contributed by atoms with Gasteiger partial charge in [-0.25, -0.2) is 4.98 Å². The van der Waals surface area contributed by atoms with Crippen LogP contribution in [-0.4, -0.2) is 11.5 Å². The fourth-order valence-electron chi connectivity index (χ4n) is 2.07. The van der Waals surface area contributed by atoms with Crippen LogP contribution in [0.1, 0.15) is 39.7 Å². The highest BCUT2D eigenvalue weighted by Gasteiger charge is 2.16. The number of rotatable bonds is 5. The van der Waals surface area contributed by atoms with Crippen molar-refractivity contribution in [2.24, 2.45) is 0 Å². The molecule has 98 valence electrons. The molecule has 0 aliphatic heterocycles. The fraction of sp³-hybridized carbons (Fsp3) is 0.500. The Hall–Kier alpha value is -0.710. The largest absolute Gasteiger partial charge is 0.310 e. The van der Waals surface area contributed by atoms with Gasteiger partial charge in [-0.1, -0.05) is 6.92 Å². The minimum atomic E-state index is 0.395. The van der Waals surface area contributed by atoms with E-state index in [-0.39, 0.29) is 0 Å². The van der Waals surface area contributed by atoms with E-state index >= 15 is 0 Å². The van der Waals surface area contributed by atoms with E-state index in [2.05, 4.69) is 48.8 Å². The standard InChI is InChI=1S/C14H20N2S2/c1-5-15-13(12-8-17-7-9(12)2)6-14-16-10(3)11(4)18-14/h7-8,13,15H,5-6H2,1-4H3. The van der Waals surface area contributed by atoms with Gasteiger partial charge in [0.25, 0.3) is 0 Å². The molecular formula is C14H20N2S2. The van der Waals surface area contributed by atoms with Gasteiger partial charge in [-0.15, -0.1) is 11.3 Å². The molecule has 2 nitrogen and oxygen atoms in total. The van der Waals surface area contributed by atoms with Gasteiger partial charge in [0, 0.05) is 17.3 Å². The number of nitrogens with one attached hydrogen (secondary N) is 1. The molecule has 0 aromatic carbocycles. The Morgan fingerprint density at radius 3 is 2.56 bits per heavy atom. The molecule has 18 heavy (non-hydrogen) atoms. The summed E-state index contributed by atoms with van der Waals surface area (Å²) in [5.41, 5.74) is 3.98. The van der Waals surface area contributed by atoms with Crippen molar-refractivity contribution in [3.63, 3.8) is 0 Å². The van der Waals surface area contributed by atoms with Gasteiger partial charge < -0.3 is 5.32 Å². The number of hydrogen-bond acceptors (Lipinski definition) is 4. The summed E-state index contributed by atoms with van der Waals surface area (Å²) in [5.74, 6) is 0. The Morgan fingerprint density at radius 2 is 2.06 bits per heavy atom. The Bertz CT molecular complexity index is 494. The highest BCUT2D eigenvalue weighted by atomic mass is 32.1. The lowest BCUT2D eigenvalue weighted by Gasteiger charge is -2.16. The topological polar surface area (TPSA) is 24.9 Å². The molecule has 4 heteroatoms. The number of aromatic nitrogens is 1. The zero-order chi connectivity index (χ0) is 13.1. The normalized spacial score (nSPS) is 12.9. The lowest BCUT2D eigenvalue weighted by Crippen LogP contribution is -2.23. The number of thiophene rings is 1. The van der Waals surface area contributed by atoms with E-state index in [9.17, 15) is 0 Å². The van der Waals surface area contributed by atoms with Crippen LogP contribution in [0.4, 0.5) is 0 Å². The molecule has 0 bridgehead atoms. The molecule has 2 rings (SSSR count). The van der Waals surface area contributed by atoms with E-state index in [1.807, 2.05) is 11.3 Å². The minimum Gasteiger partial charge on any atom is -0.310 e. The maximum Gasteiger partial charge on any atom is 0.0949 e. The molecule has 0 aliphatic rings. The first-order valence-electron chi connectivity index (χ1n) is 6.30. The van der Waals surface area contributed by atoms with Crippen molar-refractivity contribution >= 4 is 22.7 Å². The van der Waals surface area contributed by atoms with Gasteiger partial charge in [-0.05, 0) is 49.2 Å². The summed E-state index contributed by atoms with van der Waals surface area (Å²) in [4.78, 5) is 5.99. The van der Waals surface area contributed by atoms with Crippen LogP contribution in [0.2, 0.25) is 0 Å². The molecule has 0 saturated heterocycles. The van der Waals surface area contributed by atoms with E-state index in [1.54, 1.807) is 11.3 Å². The van der Waals surface area contributed by atoms with E-state index in [1.165, 1.54) is 26.7 Å². The number of hydrogen-bond donors (Lipinski definition) is 1. The summed E-state index contributed by atoms with van der Waals surface area (Å²) < 4.78 is 0. The first kappa shape index (κ1) is 13.7. The average Bonchev–Trinajstić information content (AvgIpc) is 2.86. The zero-order valence-electron chi connectivity index (χ0n) is 11.4. The van der Waals surface area contributed by atoms with Gasteiger partial charge in [-0.3, -0.25) is 0 Å². The highest BCUT2D eigenvalue weighted by Crippen LogP contribution is 2.27. The third-order valence-corrected chi connectivity index (χ3v) is 5.15. The molecule has 2 aromatic heterocycles. The van der Waals surface area contributed by atoms with Crippen molar-refractivity contribution in [2.75, 3.05) is 6.54 Å². The summed E-state index contributed by atoms with van der Waals surface area (Å²) >= 11 is 3.61. The lowest BCUT2D eigenvalue weighted by molar-refractivity contribution is 0.547. The molecule has 0 radical (unpaired) electrons. The smallest absolute Gasteiger partial charge is 0.0949 e. The van der Waals surface area contributed by atoms with Crippen LogP contribution in [0.25, 0.3) is 0 Å². The van der Waals surface area contributed by atoms with Crippen LogP contribution in [0, 0.1) is 20.8 Å². The summed E-state index contributed by atoms with van der Waals surface area (Å²) in [5, 5.41) is 9.29. The summed E-state index contributed by atoms with van der Waals surface area (Å²) in [6.45, 7) is 9.58. The van der Waals surface area contributed by atoms with Crippen LogP contribution in [-0.2, 0) is 6.42 Å². The predicted octanol–water partition coefficient (Wildman–Crippen LogP) is 4.02. The first-order valence-corrected chi connectivity index (χ1v) is 8.06. The first-order chi connectivity index (χ1) is 8.61. The van der Waals surface area contributed by atoms with Crippen molar-refractivity contribution in [3.8, 4) is 0 Å². The van der Waals surface area contributed by atoms with E-state index < -0.39 is 0 Å². The summed E-state index contributed by atoms with van der Waals surface area (Å²) in [6.07, 6.45) is 0.991. The van der Waals surface area contributed by atoms with Gasteiger partial charge in [0.2, 0.25) is 0 Å². The van der Waals surface area contributed by atoms with Gasteiger partial charge in [0.15, 0.2) is 0 Å². The predicted molar refractivity (Wildman–Crippen MR) is 80.8 cm³/mol. The lowest BCUT2D eigenvalue weighted by atomic mass is 10.0. The third-order valence-electron chi connectivity index (χ3n) is 3.17. The number of nitrogens with zero attached hydrogens (tertiary/aromatic N) is 1. The molecule has 2 heterocycles. The molecule has 1 atom stereocenters. The molecule has 0 saturated carbocycles. The van der Waals surface area contributed by atoms with Crippen LogP contribution in [0.15, 0.2) is 10.8 Å². The molecule has 0 fully saturated rings. The maximum atomic E-state index is 4.65. The fourth-order valence-corrected chi connectivity index (χ4v) is 3.95. The second kappa shape index (κ2) is 5.95. The highest BCUT2D eigenvalue weighted by molar-refractivity contribution is 7.11. The summed E-state index contributed by atoms with van der Waals surface area (Å²) in [7, 11) is 0. The minimum absolute atomic E-state index is 0.395. The van der Waals surface area contributed by atoms with Gasteiger partial charge >= 0.3 is 0 Å². The van der Waals surface area contributed by atoms with Crippen LogP contribution < -0.4 is 5.32 Å². The quantitative estimate of drug-likeness (QED) is 0.894. The Morgan fingerprint density at radius 1 is 1.28 bits per heavy atom. The van der Waals surface area contributed by atoms with Crippen LogP contribution >= 0.6 is 22.7 Å². The van der Waals surface area contributed by atoms with E-state index in [0.29, 0.717) is 6.04 Å². The van der Waals surface area contributed by atoms with E-state index in [0.717, 1.165) is 13.0 Å². The zero-order valence-corrected chi connectivity index (χ0v) is 13.0. The number of likely N-dealkylation sites (N-methyl/N-ethyl adjacent to an activating group) is 1. The van der Waals surface area contributed by atoms with Crippen molar-refractivity contribution in [2.45, 2.75) is 40.2 Å². The Balaban J connectivity index is 2.19. The van der Waals surface area contributed by atoms with Crippen molar-refractivity contribution in [1.82, 2.24) is 10.3 Å². The molecule has 1 unspecified atom stereocenters. The number of aryl methyl sites for hydroxylation is 3. The molecule has 2 aromatic rings. The average molecular weight is 280 g/mol. The Kier molecular flexibility index (Phi) is 4.54. The maximum absolute atomic E-state index is 4.65. The molecule has 0 amide bonds. The number of thiazole rings is 1. The van der Waals surface area contributed by atoms with Crippen LogP contribution in [0.5, 0.6) is 0 Å². The van der Waals surface area contributed by atoms with E-state index in [4.69, 9.17) is 0 Å². The van der Waals surface area contributed by atoms with Crippen molar-refractivity contribution in [1.29, 1.82) is 0 Å². The molecule has 0 aliphatic carbocycles. The summed E-state index contributed by atoms with van der Waals surface area (Å²) in [6, 6.07) is 0.395. The second-order valence-electron chi connectivity index (χ2n) is 4.57.